The number of amides is 2. The van der Waals surface area contributed by atoms with Crippen LogP contribution in [0.3, 0.4) is 0 Å². The van der Waals surface area contributed by atoms with E-state index in [4.69, 9.17) is 9.47 Å². The third kappa shape index (κ3) is 4.64. The Morgan fingerprint density at radius 3 is 2.38 bits per heavy atom. The summed E-state index contributed by atoms with van der Waals surface area (Å²) in [5.41, 5.74) is 2.52. The Hall–Kier alpha value is -3.74. The van der Waals surface area contributed by atoms with Crippen molar-refractivity contribution in [2.24, 2.45) is 0 Å². The molecular weight excluding hydrogens is 430 g/mol. The molecular formula is C27H31N3O4. The summed E-state index contributed by atoms with van der Waals surface area (Å²) in [6.07, 6.45) is 2.04. The van der Waals surface area contributed by atoms with Crippen molar-refractivity contribution in [2.45, 2.75) is 32.5 Å². The number of hydrogen-bond donors (Lipinski definition) is 0. The van der Waals surface area contributed by atoms with Gasteiger partial charge in [0.25, 0.3) is 5.91 Å². The van der Waals surface area contributed by atoms with Gasteiger partial charge in [0, 0.05) is 36.6 Å². The summed E-state index contributed by atoms with van der Waals surface area (Å²) in [4.78, 5) is 30.5. The molecule has 0 radical (unpaired) electrons. The Morgan fingerprint density at radius 1 is 0.971 bits per heavy atom. The van der Waals surface area contributed by atoms with Crippen LogP contribution in [0, 0.1) is 0 Å². The maximum Gasteiger partial charge on any atom is 0.254 e. The lowest BCUT2D eigenvalue weighted by Gasteiger charge is -2.39. The molecule has 1 aliphatic rings. The molecule has 0 unspecified atom stereocenters. The normalized spacial score (nSPS) is 15.1. The van der Waals surface area contributed by atoms with E-state index in [1.165, 1.54) is 0 Å². The van der Waals surface area contributed by atoms with E-state index in [1.54, 1.807) is 43.4 Å². The molecule has 0 fully saturated rings. The van der Waals surface area contributed by atoms with E-state index >= 15 is 0 Å². The van der Waals surface area contributed by atoms with Gasteiger partial charge in [-0.25, -0.2) is 0 Å². The first-order chi connectivity index (χ1) is 16.4. The van der Waals surface area contributed by atoms with Gasteiger partial charge in [0.2, 0.25) is 5.91 Å². The van der Waals surface area contributed by atoms with E-state index in [-0.39, 0.29) is 30.4 Å². The topological polar surface area (TPSA) is 64.0 Å². The van der Waals surface area contributed by atoms with E-state index in [1.807, 2.05) is 61.3 Å². The molecule has 1 aliphatic heterocycles. The Bertz CT molecular complexity index is 1170. The molecule has 4 rings (SSSR count). The molecule has 2 amide bonds. The largest absolute Gasteiger partial charge is 0.497 e. The summed E-state index contributed by atoms with van der Waals surface area (Å²) in [7, 11) is 3.20. The SMILES string of the molecule is COc1cccc(C(=O)N(CC(=O)N2CCn3cccc3[C@@H]2c2cccc(OC)c2)C(C)C)c1. The lowest BCUT2D eigenvalue weighted by molar-refractivity contribution is -0.135. The van der Waals surface area contributed by atoms with Gasteiger partial charge in [-0.3, -0.25) is 9.59 Å². The van der Waals surface area contributed by atoms with E-state index in [9.17, 15) is 9.59 Å². The zero-order valence-electron chi connectivity index (χ0n) is 20.1. The van der Waals surface area contributed by atoms with Crippen molar-refractivity contribution >= 4 is 11.8 Å². The second kappa shape index (κ2) is 10.0. The number of rotatable bonds is 7. The summed E-state index contributed by atoms with van der Waals surface area (Å²) < 4.78 is 12.9. The average molecular weight is 462 g/mol. The minimum atomic E-state index is -0.257. The van der Waals surface area contributed by atoms with Crippen LogP contribution in [-0.2, 0) is 11.3 Å². The van der Waals surface area contributed by atoms with Crippen LogP contribution in [0.15, 0.2) is 66.9 Å². The number of benzene rings is 2. The highest BCUT2D eigenvalue weighted by molar-refractivity contribution is 5.97. The molecule has 0 N–H and O–H groups in total. The molecule has 0 saturated heterocycles. The molecule has 7 nitrogen and oxygen atoms in total. The number of methoxy groups -OCH3 is 2. The van der Waals surface area contributed by atoms with Gasteiger partial charge in [-0.15, -0.1) is 0 Å². The summed E-state index contributed by atoms with van der Waals surface area (Å²) in [5.74, 6) is 1.06. The van der Waals surface area contributed by atoms with Gasteiger partial charge in [-0.2, -0.15) is 0 Å². The fourth-order valence-corrected chi connectivity index (χ4v) is 4.46. The van der Waals surface area contributed by atoms with Crippen molar-refractivity contribution in [1.82, 2.24) is 14.4 Å². The van der Waals surface area contributed by atoms with Crippen molar-refractivity contribution in [1.29, 1.82) is 0 Å². The zero-order valence-corrected chi connectivity index (χ0v) is 20.1. The van der Waals surface area contributed by atoms with Crippen LogP contribution in [0.4, 0.5) is 0 Å². The molecule has 0 aliphatic carbocycles. The van der Waals surface area contributed by atoms with Gasteiger partial charge < -0.3 is 23.8 Å². The Kier molecular flexibility index (Phi) is 6.91. The van der Waals surface area contributed by atoms with E-state index < -0.39 is 0 Å². The van der Waals surface area contributed by atoms with Crippen LogP contribution < -0.4 is 9.47 Å². The maximum atomic E-state index is 13.7. The molecule has 0 spiro atoms. The predicted molar refractivity (Wildman–Crippen MR) is 130 cm³/mol. The summed E-state index contributed by atoms with van der Waals surface area (Å²) in [6, 6.07) is 18.5. The van der Waals surface area contributed by atoms with Gasteiger partial charge in [-0.1, -0.05) is 18.2 Å². The summed E-state index contributed by atoms with van der Waals surface area (Å²) in [5, 5.41) is 0. The minimum absolute atomic E-state index is 0.00507. The molecule has 2 aromatic carbocycles. The number of hydrogen-bond acceptors (Lipinski definition) is 4. The van der Waals surface area contributed by atoms with Crippen molar-refractivity contribution in [3.63, 3.8) is 0 Å². The number of carbonyl (C=O) groups is 2. The second-order valence-corrected chi connectivity index (χ2v) is 8.65. The molecule has 3 aromatic rings. The monoisotopic (exact) mass is 461 g/mol. The fourth-order valence-electron chi connectivity index (χ4n) is 4.46. The van der Waals surface area contributed by atoms with Crippen molar-refractivity contribution in [3.8, 4) is 11.5 Å². The quantitative estimate of drug-likeness (QED) is 0.534. The van der Waals surface area contributed by atoms with E-state index in [2.05, 4.69) is 4.57 Å². The van der Waals surface area contributed by atoms with Gasteiger partial charge >= 0.3 is 0 Å². The average Bonchev–Trinajstić information content (AvgIpc) is 3.35. The lowest BCUT2D eigenvalue weighted by Crippen LogP contribution is -2.49. The number of carbonyl (C=O) groups excluding carboxylic acids is 2. The van der Waals surface area contributed by atoms with Gasteiger partial charge in [0.15, 0.2) is 0 Å². The molecule has 34 heavy (non-hydrogen) atoms. The van der Waals surface area contributed by atoms with Crippen LogP contribution in [0.5, 0.6) is 11.5 Å². The Balaban J connectivity index is 1.63. The number of nitrogens with zero attached hydrogens (tertiary/aromatic N) is 3. The first kappa shape index (κ1) is 23.4. The Morgan fingerprint density at radius 2 is 1.68 bits per heavy atom. The summed E-state index contributed by atoms with van der Waals surface area (Å²) in [6.45, 7) is 5.11. The molecule has 0 saturated carbocycles. The van der Waals surface area contributed by atoms with Crippen molar-refractivity contribution in [3.05, 3.63) is 83.7 Å². The molecule has 178 valence electrons. The zero-order chi connectivity index (χ0) is 24.2. The molecule has 1 aromatic heterocycles. The minimum Gasteiger partial charge on any atom is -0.497 e. The first-order valence-corrected chi connectivity index (χ1v) is 11.5. The van der Waals surface area contributed by atoms with Crippen LogP contribution in [0.2, 0.25) is 0 Å². The van der Waals surface area contributed by atoms with Crippen molar-refractivity contribution in [2.75, 3.05) is 27.3 Å². The Labute approximate surface area is 200 Å². The maximum absolute atomic E-state index is 13.7. The van der Waals surface area contributed by atoms with Crippen LogP contribution >= 0.6 is 0 Å². The van der Waals surface area contributed by atoms with Crippen LogP contribution in [0.1, 0.15) is 41.5 Å². The van der Waals surface area contributed by atoms with Gasteiger partial charge in [0.05, 0.1) is 20.3 Å². The highest BCUT2D eigenvalue weighted by atomic mass is 16.5. The standard InChI is InChI=1S/C27H31N3O4/c1-19(2)30(27(32)21-9-6-11-23(17-21)34-4)18-25(31)29-15-14-28-13-7-12-24(28)26(29)20-8-5-10-22(16-20)33-3/h5-13,16-17,19,26H,14-15,18H2,1-4H3/t26-/m0/s1. The molecule has 0 bridgehead atoms. The van der Waals surface area contributed by atoms with Crippen LogP contribution in [0.25, 0.3) is 0 Å². The third-order valence-electron chi connectivity index (χ3n) is 6.27. The fraction of sp³-hybridized carbons (Fsp3) is 0.333. The number of aromatic nitrogens is 1. The summed E-state index contributed by atoms with van der Waals surface area (Å²) >= 11 is 0. The molecule has 2 heterocycles. The van der Waals surface area contributed by atoms with E-state index in [0.717, 1.165) is 17.0 Å². The second-order valence-electron chi connectivity index (χ2n) is 8.65. The van der Waals surface area contributed by atoms with Crippen molar-refractivity contribution < 1.29 is 19.1 Å². The highest BCUT2D eigenvalue weighted by Gasteiger charge is 2.34. The third-order valence-corrected chi connectivity index (χ3v) is 6.27. The van der Waals surface area contributed by atoms with Gasteiger partial charge in [0.1, 0.15) is 18.0 Å². The number of fused-ring (bicyclic) bond motifs is 1. The van der Waals surface area contributed by atoms with Crippen LogP contribution in [-0.4, -0.2) is 59.5 Å². The lowest BCUT2D eigenvalue weighted by atomic mass is 9.99. The predicted octanol–water partition coefficient (Wildman–Crippen LogP) is 3.99. The first-order valence-electron chi connectivity index (χ1n) is 11.5. The van der Waals surface area contributed by atoms with Gasteiger partial charge in [-0.05, 0) is 61.9 Å². The number of ether oxygens (including phenoxy) is 2. The molecule has 7 heteroatoms. The highest BCUT2D eigenvalue weighted by Crippen LogP contribution is 2.34. The smallest absolute Gasteiger partial charge is 0.254 e. The molecule has 1 atom stereocenters. The van der Waals surface area contributed by atoms with E-state index in [0.29, 0.717) is 24.4 Å².